The lowest BCUT2D eigenvalue weighted by Crippen LogP contribution is -2.35. The zero-order valence-corrected chi connectivity index (χ0v) is 23.6. The first-order valence-corrected chi connectivity index (χ1v) is 13.7. The molecular formula is C30H33F2N5O4. The van der Waals surface area contributed by atoms with E-state index >= 15 is 0 Å². The monoisotopic (exact) mass is 565 g/mol. The Morgan fingerprint density at radius 1 is 1.05 bits per heavy atom. The van der Waals surface area contributed by atoms with Gasteiger partial charge < -0.3 is 9.47 Å². The molecule has 0 spiro atoms. The molecule has 2 aliphatic heterocycles. The van der Waals surface area contributed by atoms with Gasteiger partial charge in [-0.15, -0.1) is 0 Å². The number of benzene rings is 1. The van der Waals surface area contributed by atoms with Gasteiger partial charge in [0.2, 0.25) is 11.7 Å². The lowest BCUT2D eigenvalue weighted by molar-refractivity contribution is -0.135. The first kappa shape index (κ1) is 28.3. The fraction of sp³-hybridized carbons (Fsp3) is 0.400. The maximum Gasteiger partial charge on any atom is 0.254 e. The van der Waals surface area contributed by atoms with Crippen LogP contribution in [0.5, 0.6) is 11.6 Å². The summed E-state index contributed by atoms with van der Waals surface area (Å²) in [5, 5.41) is 10.0. The fourth-order valence-electron chi connectivity index (χ4n) is 5.13. The van der Waals surface area contributed by atoms with E-state index in [1.54, 1.807) is 7.11 Å². The van der Waals surface area contributed by atoms with E-state index in [2.05, 4.69) is 23.5 Å². The van der Waals surface area contributed by atoms with Gasteiger partial charge in [0.1, 0.15) is 0 Å². The number of aryl methyl sites for hydroxylation is 1. The standard InChI is InChI=1S/C30H33F2N5O4/c1-5-18-16-22-20(9-13-25(40-4)36(22)17-18)28-30(2,3)29(39)37(35-28)14-6-7-15-41-23-11-8-19(26(31)27(23)32)21-10-12-24(38)34-33-21/h8-9,11,13,16-17H,5-7,10,12,14-15H2,1-4H3,(H,34,38). The number of nitrogens with zero attached hydrogens (tertiary/aromatic N) is 4. The van der Waals surface area contributed by atoms with Crippen LogP contribution in [-0.2, 0) is 16.0 Å². The molecule has 41 heavy (non-hydrogen) atoms. The van der Waals surface area contributed by atoms with Crippen molar-refractivity contribution in [2.24, 2.45) is 15.6 Å². The molecule has 1 aromatic carbocycles. The number of hydrazone groups is 2. The molecule has 0 saturated heterocycles. The van der Waals surface area contributed by atoms with Crippen LogP contribution in [0.25, 0.3) is 5.52 Å². The van der Waals surface area contributed by atoms with Crippen LogP contribution in [0, 0.1) is 17.0 Å². The Bertz CT molecular complexity index is 1580. The lowest BCUT2D eigenvalue weighted by atomic mass is 9.83. The molecule has 5 rings (SSSR count). The minimum atomic E-state index is -1.10. The first-order chi connectivity index (χ1) is 19.6. The normalized spacial score (nSPS) is 16.6. The van der Waals surface area contributed by atoms with Crippen molar-refractivity contribution in [3.63, 3.8) is 0 Å². The molecule has 2 aliphatic rings. The zero-order chi connectivity index (χ0) is 29.3. The van der Waals surface area contributed by atoms with Gasteiger partial charge in [-0.2, -0.15) is 14.6 Å². The number of fused-ring (bicyclic) bond motifs is 1. The minimum Gasteiger partial charge on any atom is -0.490 e. The molecule has 0 aliphatic carbocycles. The molecule has 0 bridgehead atoms. The molecule has 3 aromatic rings. The minimum absolute atomic E-state index is 0.00104. The molecule has 1 N–H and O–H groups in total. The molecule has 11 heteroatoms. The highest BCUT2D eigenvalue weighted by atomic mass is 19.2. The highest BCUT2D eigenvalue weighted by molar-refractivity contribution is 6.21. The predicted octanol–water partition coefficient (Wildman–Crippen LogP) is 4.83. The van der Waals surface area contributed by atoms with Crippen molar-refractivity contribution in [2.45, 2.75) is 52.9 Å². The van der Waals surface area contributed by atoms with E-state index in [-0.39, 0.29) is 48.3 Å². The van der Waals surface area contributed by atoms with Gasteiger partial charge in [-0.25, -0.2) is 14.8 Å². The maximum absolute atomic E-state index is 14.7. The number of methoxy groups -OCH3 is 1. The van der Waals surface area contributed by atoms with Crippen LogP contribution in [0.2, 0.25) is 0 Å². The summed E-state index contributed by atoms with van der Waals surface area (Å²) in [7, 11) is 1.63. The molecule has 2 amide bonds. The first-order valence-electron chi connectivity index (χ1n) is 13.7. The smallest absolute Gasteiger partial charge is 0.254 e. The summed E-state index contributed by atoms with van der Waals surface area (Å²) in [6.07, 6.45) is 4.35. The number of carbonyl (C=O) groups is 2. The maximum atomic E-state index is 14.7. The molecule has 4 heterocycles. The van der Waals surface area contributed by atoms with Gasteiger partial charge in [-0.3, -0.25) is 14.0 Å². The fourth-order valence-corrected chi connectivity index (χ4v) is 5.13. The van der Waals surface area contributed by atoms with Crippen LogP contribution in [0.15, 0.2) is 46.7 Å². The second kappa shape index (κ2) is 11.3. The molecule has 2 aromatic heterocycles. The lowest BCUT2D eigenvalue weighted by Gasteiger charge is -2.20. The second-order valence-electron chi connectivity index (χ2n) is 10.6. The molecule has 0 fully saturated rings. The van der Waals surface area contributed by atoms with E-state index in [1.165, 1.54) is 17.1 Å². The molecule has 9 nitrogen and oxygen atoms in total. The Balaban J connectivity index is 1.23. The quantitative estimate of drug-likeness (QED) is 0.356. The number of amides is 2. The number of unbranched alkanes of at least 4 members (excludes halogenated alkanes) is 1. The van der Waals surface area contributed by atoms with E-state index in [0.717, 1.165) is 23.1 Å². The SMILES string of the molecule is CCc1cc2c(C3=NN(CCCCOc4ccc(C5=NNC(=O)CC5)c(F)c4F)C(=O)C3(C)C)ccc(OC)n2c1. The van der Waals surface area contributed by atoms with Gasteiger partial charge in [0.05, 0.1) is 36.1 Å². The second-order valence-corrected chi connectivity index (χ2v) is 10.6. The van der Waals surface area contributed by atoms with Gasteiger partial charge >= 0.3 is 0 Å². The topological polar surface area (TPSA) is 97.0 Å². The van der Waals surface area contributed by atoms with Gasteiger partial charge in [0, 0.05) is 36.7 Å². The average Bonchev–Trinajstić information content (AvgIpc) is 3.50. The Morgan fingerprint density at radius 3 is 2.54 bits per heavy atom. The Hall–Kier alpha value is -4.28. The van der Waals surface area contributed by atoms with Crippen molar-refractivity contribution < 1.29 is 27.8 Å². The van der Waals surface area contributed by atoms with E-state index in [4.69, 9.17) is 14.6 Å². The van der Waals surface area contributed by atoms with Crippen LogP contribution in [0.3, 0.4) is 0 Å². The van der Waals surface area contributed by atoms with Crippen LogP contribution in [0.1, 0.15) is 63.1 Å². The van der Waals surface area contributed by atoms with Crippen molar-refractivity contribution in [3.8, 4) is 11.6 Å². The number of aromatic nitrogens is 1. The predicted molar refractivity (Wildman–Crippen MR) is 150 cm³/mol. The van der Waals surface area contributed by atoms with Crippen molar-refractivity contribution in [2.75, 3.05) is 20.3 Å². The van der Waals surface area contributed by atoms with Gasteiger partial charge in [0.15, 0.2) is 17.4 Å². The third-order valence-electron chi connectivity index (χ3n) is 7.52. The van der Waals surface area contributed by atoms with E-state index in [9.17, 15) is 18.4 Å². The number of halogens is 2. The van der Waals surface area contributed by atoms with Crippen molar-refractivity contribution in [3.05, 3.63) is 64.9 Å². The van der Waals surface area contributed by atoms with Crippen LogP contribution in [-0.4, -0.2) is 52.9 Å². The number of pyridine rings is 1. The van der Waals surface area contributed by atoms with E-state index < -0.39 is 17.0 Å². The Morgan fingerprint density at radius 2 is 1.83 bits per heavy atom. The summed E-state index contributed by atoms with van der Waals surface area (Å²) in [5.74, 6) is -2.03. The number of rotatable bonds is 10. The van der Waals surface area contributed by atoms with Crippen LogP contribution < -0.4 is 14.9 Å². The highest BCUT2D eigenvalue weighted by Gasteiger charge is 2.44. The molecule has 0 atom stereocenters. The van der Waals surface area contributed by atoms with Crippen LogP contribution in [0.4, 0.5) is 8.78 Å². The molecule has 0 radical (unpaired) electrons. The van der Waals surface area contributed by atoms with E-state index in [1.807, 2.05) is 36.6 Å². The third-order valence-corrected chi connectivity index (χ3v) is 7.52. The van der Waals surface area contributed by atoms with Gasteiger partial charge in [-0.05, 0) is 69.0 Å². The number of nitrogens with one attached hydrogen (secondary N) is 1. The van der Waals surface area contributed by atoms with Crippen LogP contribution >= 0.6 is 0 Å². The summed E-state index contributed by atoms with van der Waals surface area (Å²) in [6.45, 7) is 6.33. The summed E-state index contributed by atoms with van der Waals surface area (Å²) < 4.78 is 42.3. The molecule has 0 saturated carbocycles. The summed E-state index contributed by atoms with van der Waals surface area (Å²) >= 11 is 0. The highest BCUT2D eigenvalue weighted by Crippen LogP contribution is 2.35. The zero-order valence-electron chi connectivity index (χ0n) is 23.6. The van der Waals surface area contributed by atoms with Gasteiger partial charge in [-0.1, -0.05) is 6.92 Å². The Labute approximate surface area is 236 Å². The summed E-state index contributed by atoms with van der Waals surface area (Å²) in [4.78, 5) is 24.6. The number of hydrogen-bond acceptors (Lipinski definition) is 6. The number of ether oxygens (including phenoxy) is 2. The van der Waals surface area contributed by atoms with E-state index in [0.29, 0.717) is 31.0 Å². The summed E-state index contributed by atoms with van der Waals surface area (Å²) in [5.41, 5.74) is 5.38. The average molecular weight is 566 g/mol. The third kappa shape index (κ3) is 5.28. The number of hydrogen-bond donors (Lipinski definition) is 1. The largest absolute Gasteiger partial charge is 0.490 e. The number of carbonyl (C=O) groups excluding carboxylic acids is 2. The molecule has 216 valence electrons. The van der Waals surface area contributed by atoms with Crippen molar-refractivity contribution in [1.29, 1.82) is 0 Å². The van der Waals surface area contributed by atoms with Gasteiger partial charge in [0.25, 0.3) is 5.91 Å². The van der Waals surface area contributed by atoms with Crippen molar-refractivity contribution in [1.82, 2.24) is 14.8 Å². The molecular weight excluding hydrogens is 532 g/mol. The Kier molecular flexibility index (Phi) is 7.79. The van der Waals surface area contributed by atoms with Crippen molar-refractivity contribution >= 4 is 28.8 Å². The summed E-state index contributed by atoms with van der Waals surface area (Å²) in [6, 6.07) is 8.66. The molecule has 0 unspecified atom stereocenters.